The van der Waals surface area contributed by atoms with Crippen LogP contribution in [0.2, 0.25) is 0 Å². The van der Waals surface area contributed by atoms with Gasteiger partial charge in [-0.15, -0.1) is 0 Å². The summed E-state index contributed by atoms with van der Waals surface area (Å²) in [6, 6.07) is 2.59. The number of aromatic nitrogens is 2. The molecule has 0 aliphatic carbocycles. The van der Waals surface area contributed by atoms with E-state index in [4.69, 9.17) is 11.5 Å². The normalized spacial score (nSPS) is 22.1. The number of hydrogen-bond acceptors (Lipinski definition) is 7. The molecule has 0 saturated carbocycles. The monoisotopic (exact) mass is 294 g/mol. The second kappa shape index (κ2) is 6.05. The molecule has 2 saturated heterocycles. The second-order valence-electron chi connectivity index (χ2n) is 5.38. The third kappa shape index (κ3) is 3.09. The summed E-state index contributed by atoms with van der Waals surface area (Å²) in [6.07, 6.45) is 2.66. The Morgan fingerprint density at radius 2 is 1.75 bits per heavy atom. The molecule has 4 N–H and O–H groups in total. The fourth-order valence-electron chi connectivity index (χ4n) is 3.00. The van der Waals surface area contributed by atoms with Crippen molar-refractivity contribution in [2.45, 2.75) is 18.9 Å². The first-order chi connectivity index (χ1) is 9.72. The number of nitrogens with two attached hydrogens (primary N) is 2. The van der Waals surface area contributed by atoms with Gasteiger partial charge < -0.3 is 16.4 Å². The van der Waals surface area contributed by atoms with E-state index in [9.17, 15) is 0 Å². The Hall–Kier alpha value is -1.21. The van der Waals surface area contributed by atoms with Crippen LogP contribution in [0.5, 0.6) is 0 Å². The third-order valence-electron chi connectivity index (χ3n) is 4.10. The molecule has 0 atom stereocenters. The zero-order valence-corrected chi connectivity index (χ0v) is 12.5. The Morgan fingerprint density at radius 1 is 1.05 bits per heavy atom. The minimum Gasteiger partial charge on any atom is -0.383 e. The third-order valence-corrected chi connectivity index (χ3v) is 5.14. The van der Waals surface area contributed by atoms with Crippen molar-refractivity contribution in [1.82, 2.24) is 14.9 Å². The lowest BCUT2D eigenvalue weighted by Crippen LogP contribution is -2.51. The number of thioether (sulfide) groups is 1. The smallest absolute Gasteiger partial charge is 0.223 e. The number of nitrogen functional groups attached to an aromatic ring is 2. The van der Waals surface area contributed by atoms with Crippen molar-refractivity contribution in [2.75, 3.05) is 54.1 Å². The van der Waals surface area contributed by atoms with Gasteiger partial charge in [-0.3, -0.25) is 4.90 Å². The summed E-state index contributed by atoms with van der Waals surface area (Å²) in [6.45, 7) is 4.16. The maximum absolute atomic E-state index is 5.74. The molecule has 2 aliphatic heterocycles. The maximum Gasteiger partial charge on any atom is 0.223 e. The first-order valence-electron chi connectivity index (χ1n) is 7.19. The molecule has 6 nitrogen and oxygen atoms in total. The van der Waals surface area contributed by atoms with Gasteiger partial charge >= 0.3 is 0 Å². The van der Waals surface area contributed by atoms with E-state index in [1.807, 2.05) is 6.07 Å². The van der Waals surface area contributed by atoms with E-state index in [0.717, 1.165) is 38.0 Å². The van der Waals surface area contributed by atoms with Gasteiger partial charge in [-0.25, -0.2) is 0 Å². The molecule has 3 heterocycles. The molecule has 1 aromatic heterocycles. The van der Waals surface area contributed by atoms with Crippen molar-refractivity contribution >= 4 is 29.3 Å². The van der Waals surface area contributed by atoms with E-state index in [-0.39, 0.29) is 5.95 Å². The van der Waals surface area contributed by atoms with Crippen LogP contribution in [0.15, 0.2) is 6.07 Å². The summed E-state index contributed by atoms with van der Waals surface area (Å²) in [4.78, 5) is 13.1. The molecule has 110 valence electrons. The molecule has 20 heavy (non-hydrogen) atoms. The SMILES string of the molecule is Nc1cc(N2CCN(C3CCSCC3)CC2)nc(N)n1. The van der Waals surface area contributed by atoms with E-state index in [2.05, 4.69) is 31.5 Å². The molecular formula is C13H22N6S. The van der Waals surface area contributed by atoms with Gasteiger partial charge in [-0.05, 0) is 24.3 Å². The molecule has 1 aromatic rings. The highest BCUT2D eigenvalue weighted by Gasteiger charge is 2.25. The van der Waals surface area contributed by atoms with Crippen molar-refractivity contribution in [1.29, 1.82) is 0 Å². The topological polar surface area (TPSA) is 84.3 Å². The van der Waals surface area contributed by atoms with Crippen LogP contribution in [0, 0.1) is 0 Å². The van der Waals surface area contributed by atoms with E-state index in [1.165, 1.54) is 24.3 Å². The number of piperazine rings is 1. The van der Waals surface area contributed by atoms with E-state index in [1.54, 1.807) is 0 Å². The largest absolute Gasteiger partial charge is 0.383 e. The van der Waals surface area contributed by atoms with Gasteiger partial charge in [0, 0.05) is 38.3 Å². The van der Waals surface area contributed by atoms with E-state index >= 15 is 0 Å². The number of anilines is 3. The predicted molar refractivity (Wildman–Crippen MR) is 85.0 cm³/mol. The average Bonchev–Trinajstić information content (AvgIpc) is 2.47. The highest BCUT2D eigenvalue weighted by molar-refractivity contribution is 7.99. The highest BCUT2D eigenvalue weighted by atomic mass is 32.2. The van der Waals surface area contributed by atoms with Gasteiger partial charge in [0.25, 0.3) is 0 Å². The van der Waals surface area contributed by atoms with Crippen LogP contribution in [0.4, 0.5) is 17.6 Å². The Labute approximate surface area is 123 Å². The summed E-state index contributed by atoms with van der Waals surface area (Å²) in [7, 11) is 0. The maximum atomic E-state index is 5.74. The van der Waals surface area contributed by atoms with Crippen molar-refractivity contribution in [3.63, 3.8) is 0 Å². The molecule has 0 spiro atoms. The predicted octanol–water partition coefficient (Wildman–Crippen LogP) is 0.659. The van der Waals surface area contributed by atoms with Crippen LogP contribution in [0.1, 0.15) is 12.8 Å². The Balaban J connectivity index is 1.60. The van der Waals surface area contributed by atoms with Crippen molar-refractivity contribution < 1.29 is 0 Å². The van der Waals surface area contributed by atoms with Crippen LogP contribution in [0.3, 0.4) is 0 Å². The lowest BCUT2D eigenvalue weighted by atomic mass is 10.1. The van der Waals surface area contributed by atoms with E-state index in [0.29, 0.717) is 5.82 Å². The molecule has 2 aliphatic rings. The average molecular weight is 294 g/mol. The van der Waals surface area contributed by atoms with Crippen LogP contribution >= 0.6 is 11.8 Å². The first kappa shape index (κ1) is 13.8. The standard InChI is InChI=1S/C13H22N6S/c14-11-9-12(17-13(15)16-11)19-5-3-18(4-6-19)10-1-7-20-8-2-10/h9-10H,1-8H2,(H4,14,15,16,17). The molecule has 7 heteroatoms. The Kier molecular flexibility index (Phi) is 4.16. The van der Waals surface area contributed by atoms with Gasteiger partial charge in [0.15, 0.2) is 0 Å². The molecule has 0 amide bonds. The van der Waals surface area contributed by atoms with Gasteiger partial charge in [-0.1, -0.05) is 0 Å². The Morgan fingerprint density at radius 3 is 2.40 bits per heavy atom. The van der Waals surface area contributed by atoms with Crippen LogP contribution in [-0.2, 0) is 0 Å². The van der Waals surface area contributed by atoms with Crippen molar-refractivity contribution in [2.24, 2.45) is 0 Å². The summed E-state index contributed by atoms with van der Waals surface area (Å²) >= 11 is 2.08. The molecule has 0 unspecified atom stereocenters. The van der Waals surface area contributed by atoms with Gasteiger partial charge in [0.1, 0.15) is 11.6 Å². The summed E-state index contributed by atoms with van der Waals surface area (Å²) in [5.74, 6) is 4.17. The molecule has 0 bridgehead atoms. The van der Waals surface area contributed by atoms with Gasteiger partial charge in [0.2, 0.25) is 5.95 Å². The summed E-state index contributed by atoms with van der Waals surface area (Å²) < 4.78 is 0. The lowest BCUT2D eigenvalue weighted by Gasteiger charge is -2.41. The fourth-order valence-corrected chi connectivity index (χ4v) is 4.08. The van der Waals surface area contributed by atoms with Gasteiger partial charge in [-0.2, -0.15) is 21.7 Å². The number of hydrogen-bond donors (Lipinski definition) is 2. The lowest BCUT2D eigenvalue weighted by molar-refractivity contribution is 0.175. The zero-order chi connectivity index (χ0) is 13.9. The minimum absolute atomic E-state index is 0.256. The molecule has 0 aromatic carbocycles. The minimum atomic E-state index is 0.256. The quantitative estimate of drug-likeness (QED) is 0.829. The molecule has 0 radical (unpaired) electrons. The summed E-state index contributed by atoms with van der Waals surface area (Å²) in [5, 5.41) is 0. The fraction of sp³-hybridized carbons (Fsp3) is 0.692. The zero-order valence-electron chi connectivity index (χ0n) is 11.7. The first-order valence-corrected chi connectivity index (χ1v) is 8.34. The van der Waals surface area contributed by atoms with Crippen LogP contribution in [0.25, 0.3) is 0 Å². The second-order valence-corrected chi connectivity index (χ2v) is 6.60. The molecule has 3 rings (SSSR count). The van der Waals surface area contributed by atoms with Crippen LogP contribution < -0.4 is 16.4 Å². The number of nitrogens with zero attached hydrogens (tertiary/aromatic N) is 4. The van der Waals surface area contributed by atoms with Crippen LogP contribution in [-0.4, -0.2) is 58.6 Å². The van der Waals surface area contributed by atoms with Crippen molar-refractivity contribution in [3.05, 3.63) is 6.07 Å². The Bertz CT molecular complexity index is 434. The van der Waals surface area contributed by atoms with Crippen molar-refractivity contribution in [3.8, 4) is 0 Å². The highest BCUT2D eigenvalue weighted by Crippen LogP contribution is 2.24. The molecular weight excluding hydrogens is 272 g/mol. The number of rotatable bonds is 2. The van der Waals surface area contributed by atoms with Gasteiger partial charge in [0.05, 0.1) is 0 Å². The van der Waals surface area contributed by atoms with E-state index < -0.39 is 0 Å². The molecule has 2 fully saturated rings. The summed E-state index contributed by atoms with van der Waals surface area (Å²) in [5.41, 5.74) is 11.4.